The molecule has 2 atom stereocenters. The lowest BCUT2D eigenvalue weighted by Gasteiger charge is -2.24. The van der Waals surface area contributed by atoms with Gasteiger partial charge in [-0.1, -0.05) is 19.1 Å². The van der Waals surface area contributed by atoms with E-state index in [2.05, 4.69) is 15.3 Å². The van der Waals surface area contributed by atoms with Crippen LogP contribution in [0.15, 0.2) is 58.9 Å². The number of nitrogens with zero attached hydrogens (tertiary/aromatic N) is 5. The van der Waals surface area contributed by atoms with Gasteiger partial charge in [0.15, 0.2) is 11.8 Å². The number of azide groups is 1. The summed E-state index contributed by atoms with van der Waals surface area (Å²) in [6.07, 6.45) is 2.91. The van der Waals surface area contributed by atoms with Crippen LogP contribution in [-0.2, 0) is 22.5 Å². The number of hydrogen-bond donors (Lipinski definition) is 2. The molecule has 0 amide bonds. The van der Waals surface area contributed by atoms with Crippen LogP contribution in [0.3, 0.4) is 0 Å². The van der Waals surface area contributed by atoms with Gasteiger partial charge in [-0.3, -0.25) is 4.57 Å². The smallest absolute Gasteiger partial charge is 0.358 e. The Bertz CT molecular complexity index is 1070. The van der Waals surface area contributed by atoms with Crippen LogP contribution >= 0.6 is 14.4 Å². The fourth-order valence-corrected chi connectivity index (χ4v) is 5.54. The predicted molar refractivity (Wildman–Crippen MR) is 132 cm³/mol. The van der Waals surface area contributed by atoms with Crippen molar-refractivity contribution in [3.05, 3.63) is 70.1 Å². The maximum atomic E-state index is 11.2. The monoisotopic (exact) mass is 510 g/mol. The van der Waals surface area contributed by atoms with Crippen LogP contribution in [0.2, 0.25) is 0 Å². The Kier molecular flexibility index (Phi) is 9.80. The molecule has 2 aromatic carbocycles. The fourth-order valence-electron chi connectivity index (χ4n) is 2.99. The Labute approximate surface area is 198 Å². The van der Waals surface area contributed by atoms with Crippen molar-refractivity contribution in [3.8, 4) is 11.5 Å². The summed E-state index contributed by atoms with van der Waals surface area (Å²) in [5, 5.41) is 6.84. The molecule has 0 heterocycles. The Hall–Kier alpha value is -2.51. The molecular weight excluding hydrogens is 484 g/mol. The van der Waals surface area contributed by atoms with Gasteiger partial charge in [0.05, 0.1) is 19.4 Å². The number of benzene rings is 2. The first-order chi connectivity index (χ1) is 15.6. The molecule has 2 N–H and O–H groups in total. The van der Waals surface area contributed by atoms with E-state index in [4.69, 9.17) is 36.7 Å². The molecule has 0 aliphatic heterocycles. The zero-order chi connectivity index (χ0) is 24.5. The number of ether oxygens (including phenoxy) is 1. The quantitative estimate of drug-likeness (QED) is 0.0933. The normalized spacial score (nSPS) is 13.7. The third-order valence-electron chi connectivity index (χ3n) is 4.47. The number of rotatable bonds is 12. The first-order valence-corrected chi connectivity index (χ1v) is 14.1. The van der Waals surface area contributed by atoms with Gasteiger partial charge in [-0.25, -0.2) is 0 Å². The van der Waals surface area contributed by atoms with Crippen molar-refractivity contribution in [1.82, 2.24) is 4.78 Å². The Balaban J connectivity index is 2.10. The van der Waals surface area contributed by atoms with Crippen LogP contribution < -0.4 is 9.57 Å². The van der Waals surface area contributed by atoms with Crippen molar-refractivity contribution in [2.24, 2.45) is 10.4 Å². The molecular formula is C20H26N5O5P2S+. The highest BCUT2D eigenvalue weighted by Crippen LogP contribution is 2.46. The van der Waals surface area contributed by atoms with Crippen molar-refractivity contribution < 1.29 is 23.9 Å². The van der Waals surface area contributed by atoms with Crippen molar-refractivity contribution in [2.45, 2.75) is 38.2 Å². The van der Waals surface area contributed by atoms with Crippen LogP contribution in [0, 0.1) is 0 Å². The second-order valence-corrected chi connectivity index (χ2v) is 12.1. The van der Waals surface area contributed by atoms with Gasteiger partial charge in [0.2, 0.25) is 0 Å². The zero-order valence-electron chi connectivity index (χ0n) is 18.5. The molecule has 0 aliphatic carbocycles. The van der Waals surface area contributed by atoms with Crippen LogP contribution in [0.5, 0.6) is 11.5 Å². The van der Waals surface area contributed by atoms with Gasteiger partial charge >= 0.3 is 14.4 Å². The van der Waals surface area contributed by atoms with Crippen molar-refractivity contribution in [1.29, 1.82) is 0 Å². The third kappa shape index (κ3) is 8.74. The minimum atomic E-state index is -4.13. The summed E-state index contributed by atoms with van der Waals surface area (Å²) in [4.78, 5) is 25.6. The highest BCUT2D eigenvalue weighted by atomic mass is 32.4. The van der Waals surface area contributed by atoms with E-state index >= 15 is 0 Å². The second kappa shape index (κ2) is 12.1. The second-order valence-electron chi connectivity index (χ2n) is 7.33. The summed E-state index contributed by atoms with van der Waals surface area (Å²) in [5.74, 6) is 0.991. The summed E-state index contributed by atoms with van der Waals surface area (Å²) < 4.78 is 19.2. The van der Waals surface area contributed by atoms with Gasteiger partial charge in [0.25, 0.3) is 5.34 Å². The van der Waals surface area contributed by atoms with Crippen LogP contribution in [0.25, 0.3) is 10.4 Å². The first kappa shape index (κ1) is 26.7. The van der Waals surface area contributed by atoms with Gasteiger partial charge < -0.3 is 19.4 Å². The SMILES string of the molecule is CCCC(C)(Oc1ccc(CP(=O)(O)O)cc1)[P+](=S)N(C)/N=C/c1ccc(ON=[N+]=[N-])cc1. The standard InChI is InChI=1S/C20H25N5O5P2S/c1-4-13-20(2,29-18-9-7-17(8-10-18)15-32(26,27)28)31(33)25(3)22-14-16-5-11-19(12-6-16)30-24-23-21/h5-12,14H,4,13,15H2,1-3H3,(H-,26,27,28)/p+1/b22-14+. The topological polar surface area (TPSA) is 140 Å². The highest BCUT2D eigenvalue weighted by Gasteiger charge is 2.45. The Morgan fingerprint density at radius 1 is 1.21 bits per heavy atom. The number of hydrazone groups is 1. The lowest BCUT2D eigenvalue weighted by Crippen LogP contribution is -2.31. The molecule has 0 saturated heterocycles. The molecule has 33 heavy (non-hydrogen) atoms. The molecule has 0 aromatic heterocycles. The molecule has 0 saturated carbocycles. The van der Waals surface area contributed by atoms with Crippen molar-refractivity contribution >= 4 is 32.5 Å². The van der Waals surface area contributed by atoms with E-state index in [0.29, 0.717) is 23.5 Å². The first-order valence-electron chi connectivity index (χ1n) is 9.95. The number of hydrogen-bond acceptors (Lipinski definition) is 6. The molecule has 2 unspecified atom stereocenters. The predicted octanol–water partition coefficient (Wildman–Crippen LogP) is 5.69. The summed E-state index contributed by atoms with van der Waals surface area (Å²) in [7, 11) is -2.33. The van der Waals surface area contributed by atoms with Gasteiger partial charge in [-0.15, -0.1) is 9.88 Å². The van der Waals surface area contributed by atoms with Gasteiger partial charge in [0, 0.05) is 18.3 Å². The van der Waals surface area contributed by atoms with E-state index in [0.717, 1.165) is 12.0 Å². The lowest BCUT2D eigenvalue weighted by molar-refractivity contribution is 0.164. The summed E-state index contributed by atoms with van der Waals surface area (Å²) in [6.45, 7) is 2.73. The summed E-state index contributed by atoms with van der Waals surface area (Å²) >= 11 is 5.82. The van der Waals surface area contributed by atoms with Crippen LogP contribution in [0.4, 0.5) is 0 Å². The largest absolute Gasteiger partial charge is 0.445 e. The fraction of sp³-hybridized carbons (Fsp3) is 0.350. The van der Waals surface area contributed by atoms with E-state index in [9.17, 15) is 4.57 Å². The molecule has 2 aromatic rings. The minimum absolute atomic E-state index is 0.316. The Morgan fingerprint density at radius 2 is 1.82 bits per heavy atom. The van der Waals surface area contributed by atoms with E-state index in [1.54, 1.807) is 66.6 Å². The maximum Gasteiger partial charge on any atom is 0.358 e. The lowest BCUT2D eigenvalue weighted by atomic mass is 10.2. The van der Waals surface area contributed by atoms with Crippen molar-refractivity contribution in [3.63, 3.8) is 0 Å². The van der Waals surface area contributed by atoms with Crippen molar-refractivity contribution in [2.75, 3.05) is 7.05 Å². The highest BCUT2D eigenvalue weighted by molar-refractivity contribution is 8.04. The molecule has 0 bridgehead atoms. The Morgan fingerprint density at radius 3 is 2.36 bits per heavy atom. The molecule has 0 aliphatic rings. The van der Waals surface area contributed by atoms with Gasteiger partial charge in [0.1, 0.15) is 16.8 Å². The average Bonchev–Trinajstić information content (AvgIpc) is 2.76. The molecule has 0 spiro atoms. The third-order valence-corrected chi connectivity index (χ3v) is 8.87. The zero-order valence-corrected chi connectivity index (χ0v) is 21.1. The van der Waals surface area contributed by atoms with E-state index < -0.39 is 19.8 Å². The molecule has 0 fully saturated rings. The molecule has 13 heteroatoms. The molecule has 2 rings (SSSR count). The van der Waals surface area contributed by atoms with Gasteiger partial charge in [-0.05, 0) is 59.5 Å². The molecule has 176 valence electrons. The van der Waals surface area contributed by atoms with Crippen LogP contribution in [-0.4, -0.2) is 33.2 Å². The van der Waals surface area contributed by atoms with Crippen LogP contribution in [0.1, 0.15) is 37.8 Å². The van der Waals surface area contributed by atoms with E-state index in [-0.39, 0.29) is 6.16 Å². The van der Waals surface area contributed by atoms with Gasteiger partial charge in [-0.2, -0.15) is 0 Å². The minimum Gasteiger partial charge on any atom is -0.445 e. The van der Waals surface area contributed by atoms with E-state index in [1.807, 2.05) is 13.8 Å². The molecule has 10 nitrogen and oxygen atoms in total. The average molecular weight is 510 g/mol. The summed E-state index contributed by atoms with van der Waals surface area (Å²) in [5.41, 5.74) is 9.63. The molecule has 0 radical (unpaired) electrons. The maximum absolute atomic E-state index is 11.2. The summed E-state index contributed by atoms with van der Waals surface area (Å²) in [6, 6.07) is 13.5. The van der Waals surface area contributed by atoms with E-state index in [1.165, 1.54) is 0 Å².